The summed E-state index contributed by atoms with van der Waals surface area (Å²) in [6.45, 7) is 3.94. The second-order valence-corrected chi connectivity index (χ2v) is 6.90. The van der Waals surface area contributed by atoms with Gasteiger partial charge in [0.25, 0.3) is 5.78 Å². The number of morpholine rings is 1. The minimum atomic E-state index is -0.492. The molecule has 3 aromatic rings. The maximum absolute atomic E-state index is 10.5. The number of hydrogen-bond acceptors (Lipinski definition) is 7. The number of aliphatic hydroxyl groups excluding tert-OH is 1. The zero-order valence-corrected chi connectivity index (χ0v) is 14.2. The quantitative estimate of drug-likeness (QED) is 0.777. The molecule has 0 bridgehead atoms. The van der Waals surface area contributed by atoms with Gasteiger partial charge in [0, 0.05) is 29.6 Å². The maximum atomic E-state index is 10.5. The number of thiophene rings is 1. The molecule has 0 aromatic carbocycles. The van der Waals surface area contributed by atoms with Gasteiger partial charge in [-0.2, -0.15) is 14.6 Å². The first-order chi connectivity index (χ1) is 11.7. The highest BCUT2D eigenvalue weighted by molar-refractivity contribution is 7.10. The first kappa shape index (κ1) is 15.5. The average Bonchev–Trinajstić information content (AvgIpc) is 3.26. The molecule has 2 atom stereocenters. The molecule has 0 radical (unpaired) electrons. The summed E-state index contributed by atoms with van der Waals surface area (Å²) in [4.78, 5) is 11.8. The van der Waals surface area contributed by atoms with E-state index in [4.69, 9.17) is 4.74 Å². The van der Waals surface area contributed by atoms with Crippen LogP contribution in [0.25, 0.3) is 5.78 Å². The lowest BCUT2D eigenvalue weighted by atomic mass is 10.1. The van der Waals surface area contributed by atoms with Gasteiger partial charge in [-0.3, -0.25) is 0 Å². The van der Waals surface area contributed by atoms with Gasteiger partial charge in [0.2, 0.25) is 0 Å². The van der Waals surface area contributed by atoms with Crippen LogP contribution < -0.4 is 4.90 Å². The zero-order chi connectivity index (χ0) is 16.5. The van der Waals surface area contributed by atoms with E-state index in [0.29, 0.717) is 25.4 Å². The van der Waals surface area contributed by atoms with Gasteiger partial charge in [-0.1, -0.05) is 6.07 Å². The Hall–Kier alpha value is -2.03. The molecule has 1 N–H and O–H groups in total. The Morgan fingerprint density at radius 2 is 2.42 bits per heavy atom. The highest BCUT2D eigenvalue weighted by Crippen LogP contribution is 2.28. The van der Waals surface area contributed by atoms with Gasteiger partial charge in [-0.05, 0) is 18.4 Å². The molecule has 0 saturated carbocycles. The van der Waals surface area contributed by atoms with Crippen molar-refractivity contribution in [2.45, 2.75) is 25.5 Å². The van der Waals surface area contributed by atoms with Crippen molar-refractivity contribution in [2.24, 2.45) is 0 Å². The van der Waals surface area contributed by atoms with Gasteiger partial charge in [-0.15, -0.1) is 11.3 Å². The minimum Gasteiger partial charge on any atom is -0.387 e. The molecular weight excluding hydrogens is 326 g/mol. The second-order valence-electron chi connectivity index (χ2n) is 5.92. The monoisotopic (exact) mass is 345 g/mol. The summed E-state index contributed by atoms with van der Waals surface area (Å²) in [6.07, 6.45) is 1.63. The summed E-state index contributed by atoms with van der Waals surface area (Å²) in [6, 6.07) is 6.02. The molecule has 1 aliphatic rings. The third-order valence-corrected chi connectivity index (χ3v) is 5.22. The van der Waals surface area contributed by atoms with Crippen LogP contribution in [0, 0.1) is 6.92 Å². The lowest BCUT2D eigenvalue weighted by molar-refractivity contribution is 0.0682. The molecule has 1 aliphatic heterocycles. The van der Waals surface area contributed by atoms with Gasteiger partial charge in [0.1, 0.15) is 12.1 Å². The van der Waals surface area contributed by atoms with E-state index in [-0.39, 0.29) is 6.04 Å². The number of ether oxygens (including phenoxy) is 1. The van der Waals surface area contributed by atoms with E-state index in [2.05, 4.69) is 20.0 Å². The van der Waals surface area contributed by atoms with Crippen LogP contribution in [0.5, 0.6) is 0 Å². The minimum absolute atomic E-state index is 0.0741. The number of nitrogens with zero attached hydrogens (tertiary/aromatic N) is 5. The largest absolute Gasteiger partial charge is 0.387 e. The Labute approximate surface area is 143 Å². The lowest BCUT2D eigenvalue weighted by Crippen LogP contribution is -2.47. The van der Waals surface area contributed by atoms with Crippen LogP contribution in [-0.4, -0.2) is 50.5 Å². The Kier molecular flexibility index (Phi) is 4.17. The molecule has 4 rings (SSSR count). The molecule has 1 fully saturated rings. The van der Waals surface area contributed by atoms with Crippen LogP contribution in [0.15, 0.2) is 29.9 Å². The second kappa shape index (κ2) is 6.46. The van der Waals surface area contributed by atoms with E-state index in [0.717, 1.165) is 22.9 Å². The van der Waals surface area contributed by atoms with Crippen molar-refractivity contribution < 1.29 is 9.84 Å². The third kappa shape index (κ3) is 2.88. The predicted molar refractivity (Wildman–Crippen MR) is 91.4 cm³/mol. The van der Waals surface area contributed by atoms with Gasteiger partial charge >= 0.3 is 0 Å². The van der Waals surface area contributed by atoms with Crippen LogP contribution >= 0.6 is 11.3 Å². The predicted octanol–water partition coefficient (Wildman–Crippen LogP) is 1.82. The van der Waals surface area contributed by atoms with Crippen molar-refractivity contribution in [3.63, 3.8) is 0 Å². The smallest absolute Gasteiger partial charge is 0.254 e. The summed E-state index contributed by atoms with van der Waals surface area (Å²) in [5, 5.41) is 16.8. The van der Waals surface area contributed by atoms with E-state index < -0.39 is 6.10 Å². The summed E-state index contributed by atoms with van der Waals surface area (Å²) < 4.78 is 7.42. The molecule has 24 heavy (non-hydrogen) atoms. The molecule has 3 aromatic heterocycles. The van der Waals surface area contributed by atoms with Gasteiger partial charge in [0.05, 0.1) is 25.4 Å². The number of hydrogen-bond donors (Lipinski definition) is 1. The van der Waals surface area contributed by atoms with Crippen molar-refractivity contribution >= 4 is 22.9 Å². The van der Waals surface area contributed by atoms with Crippen molar-refractivity contribution in [2.75, 3.05) is 24.7 Å². The van der Waals surface area contributed by atoms with Crippen LogP contribution in [0.2, 0.25) is 0 Å². The van der Waals surface area contributed by atoms with E-state index in [1.807, 2.05) is 30.5 Å². The van der Waals surface area contributed by atoms with Gasteiger partial charge in [-0.25, -0.2) is 4.98 Å². The molecule has 7 nitrogen and oxygen atoms in total. The van der Waals surface area contributed by atoms with E-state index in [1.165, 1.54) is 6.33 Å². The number of aliphatic hydroxyl groups is 1. The molecule has 8 heteroatoms. The van der Waals surface area contributed by atoms with E-state index >= 15 is 0 Å². The fraction of sp³-hybridized carbons (Fsp3) is 0.438. The summed E-state index contributed by atoms with van der Waals surface area (Å²) in [7, 11) is 0. The van der Waals surface area contributed by atoms with Crippen LogP contribution in [0.3, 0.4) is 0 Å². The summed E-state index contributed by atoms with van der Waals surface area (Å²) in [5.41, 5.74) is 0.898. The van der Waals surface area contributed by atoms with Crippen molar-refractivity contribution in [1.82, 2.24) is 19.6 Å². The Bertz CT molecular complexity index is 819. The Balaban J connectivity index is 1.65. The van der Waals surface area contributed by atoms with Crippen LogP contribution in [0.4, 0.5) is 5.82 Å². The molecule has 0 spiro atoms. The van der Waals surface area contributed by atoms with Gasteiger partial charge < -0.3 is 14.7 Å². The molecule has 0 unspecified atom stereocenters. The number of aryl methyl sites for hydroxylation is 1. The van der Waals surface area contributed by atoms with Crippen molar-refractivity contribution in [1.29, 1.82) is 0 Å². The highest BCUT2D eigenvalue weighted by Gasteiger charge is 2.28. The molecule has 126 valence electrons. The lowest BCUT2D eigenvalue weighted by Gasteiger charge is -2.38. The number of rotatable bonds is 4. The van der Waals surface area contributed by atoms with Gasteiger partial charge in [0.15, 0.2) is 0 Å². The third-order valence-electron chi connectivity index (χ3n) is 4.25. The standard InChI is InChI=1S/C16H19N5O2S/c1-11-7-15(21-16(19-11)17-10-18-21)20-4-5-23-9-12(20)8-13(22)14-3-2-6-24-14/h2-3,6-7,10,12-13,22H,4-5,8-9H2,1H3/t12-,13-/m1/s1. The first-order valence-corrected chi connectivity index (χ1v) is 8.83. The molecule has 4 heterocycles. The van der Waals surface area contributed by atoms with E-state index in [1.54, 1.807) is 15.9 Å². The van der Waals surface area contributed by atoms with Crippen molar-refractivity contribution in [3.05, 3.63) is 40.5 Å². The number of anilines is 1. The number of aromatic nitrogens is 4. The normalized spacial score (nSPS) is 19.8. The maximum Gasteiger partial charge on any atom is 0.254 e. The number of fused-ring (bicyclic) bond motifs is 1. The average molecular weight is 345 g/mol. The SMILES string of the molecule is Cc1cc(N2CCOC[C@H]2C[C@@H](O)c2cccs2)n2ncnc2n1. The Morgan fingerprint density at radius 3 is 3.25 bits per heavy atom. The van der Waals surface area contributed by atoms with Crippen LogP contribution in [0.1, 0.15) is 23.1 Å². The fourth-order valence-corrected chi connectivity index (χ4v) is 3.85. The topological polar surface area (TPSA) is 75.8 Å². The van der Waals surface area contributed by atoms with Crippen LogP contribution in [-0.2, 0) is 4.74 Å². The Morgan fingerprint density at radius 1 is 1.50 bits per heavy atom. The van der Waals surface area contributed by atoms with E-state index in [9.17, 15) is 5.11 Å². The fourth-order valence-electron chi connectivity index (χ4n) is 3.12. The van der Waals surface area contributed by atoms with Crippen molar-refractivity contribution in [3.8, 4) is 0 Å². The molecule has 1 saturated heterocycles. The molecular formula is C16H19N5O2S. The molecule has 0 aliphatic carbocycles. The molecule has 0 amide bonds. The summed E-state index contributed by atoms with van der Waals surface area (Å²) >= 11 is 1.58. The summed E-state index contributed by atoms with van der Waals surface area (Å²) in [5.74, 6) is 1.54. The highest BCUT2D eigenvalue weighted by atomic mass is 32.1. The first-order valence-electron chi connectivity index (χ1n) is 7.95. The zero-order valence-electron chi connectivity index (χ0n) is 13.4.